The van der Waals surface area contributed by atoms with Gasteiger partial charge in [-0.05, 0) is 36.8 Å². The summed E-state index contributed by atoms with van der Waals surface area (Å²) in [6, 6.07) is 11.3. The molecule has 2 aromatic heterocycles. The lowest BCUT2D eigenvalue weighted by Gasteiger charge is -2.13. The van der Waals surface area contributed by atoms with E-state index in [2.05, 4.69) is 15.3 Å². The second kappa shape index (κ2) is 9.98. The third kappa shape index (κ3) is 5.67. The summed E-state index contributed by atoms with van der Waals surface area (Å²) in [5, 5.41) is 11.7. The van der Waals surface area contributed by atoms with Crippen LogP contribution in [0.25, 0.3) is 28.7 Å². The Morgan fingerprint density at radius 1 is 1.11 bits per heavy atom. The summed E-state index contributed by atoms with van der Waals surface area (Å²) in [4.78, 5) is 12.5. The molecule has 0 spiro atoms. The number of aromatic nitrogens is 4. The van der Waals surface area contributed by atoms with Gasteiger partial charge in [-0.2, -0.15) is 18.3 Å². The van der Waals surface area contributed by atoms with Crippen LogP contribution in [0, 0.1) is 0 Å². The fourth-order valence-electron chi connectivity index (χ4n) is 3.47. The lowest BCUT2D eigenvalue weighted by Crippen LogP contribution is -2.15. The van der Waals surface area contributed by atoms with Gasteiger partial charge in [0.1, 0.15) is 5.02 Å². The first-order valence-electron chi connectivity index (χ1n) is 10.6. The van der Waals surface area contributed by atoms with E-state index in [9.17, 15) is 26.4 Å². The maximum atomic E-state index is 13.3. The summed E-state index contributed by atoms with van der Waals surface area (Å²) in [6.45, 7) is 1.57. The maximum Gasteiger partial charge on any atom is 0.393 e. The Kier molecular flexibility index (Phi) is 7.11. The van der Waals surface area contributed by atoms with Gasteiger partial charge in [-0.15, -0.1) is 10.2 Å². The first-order chi connectivity index (χ1) is 17.4. The molecular formula is C23H18ClF3N4O5S. The SMILES string of the molecule is CCOC(=O)c1nn(-c2ccccc2CC(F)(F)F)c(-c2nnc(-c3cccc(S(C)(=O)=O)c3)o2)c1Cl. The van der Waals surface area contributed by atoms with E-state index in [0.29, 0.717) is 0 Å². The molecule has 2 aromatic carbocycles. The van der Waals surface area contributed by atoms with Crippen LogP contribution in [0.1, 0.15) is 23.0 Å². The molecular weight excluding hydrogens is 537 g/mol. The van der Waals surface area contributed by atoms with Crippen molar-refractivity contribution in [3.05, 3.63) is 64.8 Å². The summed E-state index contributed by atoms with van der Waals surface area (Å²) in [7, 11) is -3.53. The quantitative estimate of drug-likeness (QED) is 0.295. The number of hydrogen-bond acceptors (Lipinski definition) is 8. The first-order valence-corrected chi connectivity index (χ1v) is 12.9. The van der Waals surface area contributed by atoms with Crippen LogP contribution >= 0.6 is 11.6 Å². The molecule has 0 aliphatic carbocycles. The number of nitrogens with zero attached hydrogens (tertiary/aromatic N) is 4. The van der Waals surface area contributed by atoms with E-state index in [1.807, 2.05) is 0 Å². The lowest BCUT2D eigenvalue weighted by atomic mass is 10.1. The van der Waals surface area contributed by atoms with Crippen molar-refractivity contribution in [3.63, 3.8) is 0 Å². The Morgan fingerprint density at radius 3 is 2.49 bits per heavy atom. The van der Waals surface area contributed by atoms with E-state index in [1.54, 1.807) is 6.92 Å². The van der Waals surface area contributed by atoms with E-state index in [4.69, 9.17) is 20.8 Å². The molecule has 0 radical (unpaired) electrons. The number of halogens is 4. The second-order valence-electron chi connectivity index (χ2n) is 7.78. The Labute approximate surface area is 213 Å². The molecule has 0 atom stereocenters. The minimum Gasteiger partial charge on any atom is -0.461 e. The molecule has 14 heteroatoms. The van der Waals surface area contributed by atoms with Crippen LogP contribution in [0.5, 0.6) is 0 Å². The molecule has 4 rings (SSSR count). The molecule has 0 aliphatic rings. The topological polar surface area (TPSA) is 117 Å². The van der Waals surface area contributed by atoms with Gasteiger partial charge in [0, 0.05) is 11.8 Å². The van der Waals surface area contributed by atoms with Gasteiger partial charge in [-0.1, -0.05) is 35.9 Å². The summed E-state index contributed by atoms with van der Waals surface area (Å²) >= 11 is 6.46. The van der Waals surface area contributed by atoms with Gasteiger partial charge >= 0.3 is 12.1 Å². The van der Waals surface area contributed by atoms with Gasteiger partial charge < -0.3 is 9.15 Å². The number of sulfone groups is 1. The van der Waals surface area contributed by atoms with Crippen molar-refractivity contribution in [2.24, 2.45) is 0 Å². The molecule has 0 fully saturated rings. The standard InChI is InChI=1S/C23H18ClF3N4O5S/c1-3-35-22(32)18-17(24)19(31(30-18)16-10-5-4-7-14(16)12-23(25,26)27)21-29-28-20(36-21)13-8-6-9-15(11-13)37(2,33)34/h4-11H,3,12H2,1-2H3. The zero-order valence-electron chi connectivity index (χ0n) is 19.3. The van der Waals surface area contributed by atoms with Gasteiger partial charge in [-0.25, -0.2) is 17.9 Å². The molecule has 0 amide bonds. The van der Waals surface area contributed by atoms with Crippen LogP contribution < -0.4 is 0 Å². The van der Waals surface area contributed by atoms with Crippen molar-refractivity contribution in [1.82, 2.24) is 20.0 Å². The third-order valence-electron chi connectivity index (χ3n) is 5.04. The van der Waals surface area contributed by atoms with Crippen LogP contribution in [0.15, 0.2) is 57.8 Å². The van der Waals surface area contributed by atoms with Crippen molar-refractivity contribution in [2.75, 3.05) is 12.9 Å². The zero-order chi connectivity index (χ0) is 27.0. The predicted molar refractivity (Wildman–Crippen MR) is 126 cm³/mol. The highest BCUT2D eigenvalue weighted by molar-refractivity contribution is 7.90. The minimum absolute atomic E-state index is 0.00337. The number of carbonyl (C=O) groups is 1. The first kappa shape index (κ1) is 26.4. The van der Waals surface area contributed by atoms with Crippen LogP contribution in [0.2, 0.25) is 5.02 Å². The van der Waals surface area contributed by atoms with Crippen LogP contribution in [0.4, 0.5) is 13.2 Å². The largest absolute Gasteiger partial charge is 0.461 e. The van der Waals surface area contributed by atoms with Crippen molar-refractivity contribution < 1.29 is 35.5 Å². The molecule has 194 valence electrons. The highest BCUT2D eigenvalue weighted by Crippen LogP contribution is 2.36. The Bertz CT molecular complexity index is 1580. The van der Waals surface area contributed by atoms with E-state index in [1.165, 1.54) is 48.5 Å². The average Bonchev–Trinajstić information content (AvgIpc) is 3.43. The van der Waals surface area contributed by atoms with Crippen molar-refractivity contribution in [3.8, 4) is 28.7 Å². The number of esters is 1. The van der Waals surface area contributed by atoms with Gasteiger partial charge in [0.2, 0.25) is 5.89 Å². The van der Waals surface area contributed by atoms with Crippen molar-refractivity contribution in [2.45, 2.75) is 24.4 Å². The van der Waals surface area contributed by atoms with E-state index >= 15 is 0 Å². The summed E-state index contributed by atoms with van der Waals surface area (Å²) < 4.78 is 75.4. The van der Waals surface area contributed by atoms with Crippen LogP contribution in [-0.4, -0.2) is 53.4 Å². The van der Waals surface area contributed by atoms with Crippen molar-refractivity contribution in [1.29, 1.82) is 0 Å². The molecule has 0 aliphatic heterocycles. The fraction of sp³-hybridized carbons (Fsp3) is 0.217. The van der Waals surface area contributed by atoms with Crippen molar-refractivity contribution >= 4 is 27.4 Å². The normalized spacial score (nSPS) is 12.1. The van der Waals surface area contributed by atoms with E-state index in [-0.39, 0.29) is 56.5 Å². The second-order valence-corrected chi connectivity index (χ2v) is 10.2. The number of carbonyl (C=O) groups excluding carboxylic acids is 1. The monoisotopic (exact) mass is 554 g/mol. The van der Waals surface area contributed by atoms with Gasteiger partial charge in [0.25, 0.3) is 5.89 Å². The third-order valence-corrected chi connectivity index (χ3v) is 6.51. The molecule has 2 heterocycles. The highest BCUT2D eigenvalue weighted by atomic mass is 35.5. The number of rotatable bonds is 7. The molecule has 0 unspecified atom stereocenters. The Balaban J connectivity index is 1.89. The number of para-hydroxylation sites is 1. The number of alkyl halides is 3. The molecule has 0 saturated carbocycles. The van der Waals surface area contributed by atoms with Gasteiger partial charge in [-0.3, -0.25) is 0 Å². The predicted octanol–water partition coefficient (Wildman–Crippen LogP) is 4.93. The summed E-state index contributed by atoms with van der Waals surface area (Å²) in [5.74, 6) is -1.26. The summed E-state index contributed by atoms with van der Waals surface area (Å²) in [6.07, 6.45) is -4.76. The molecule has 4 aromatic rings. The average molecular weight is 555 g/mol. The van der Waals surface area contributed by atoms with Crippen LogP contribution in [-0.2, 0) is 21.0 Å². The molecule has 37 heavy (non-hydrogen) atoms. The smallest absolute Gasteiger partial charge is 0.393 e. The number of hydrogen-bond donors (Lipinski definition) is 0. The van der Waals surface area contributed by atoms with Crippen LogP contribution in [0.3, 0.4) is 0 Å². The zero-order valence-corrected chi connectivity index (χ0v) is 20.9. The Morgan fingerprint density at radius 2 is 1.81 bits per heavy atom. The number of ether oxygens (including phenoxy) is 1. The minimum atomic E-state index is -4.53. The van der Waals surface area contributed by atoms with Gasteiger partial charge in [0.05, 0.1) is 23.6 Å². The molecule has 0 N–H and O–H groups in total. The summed E-state index contributed by atoms with van der Waals surface area (Å²) in [5.41, 5.74) is -0.402. The number of benzene rings is 2. The lowest BCUT2D eigenvalue weighted by molar-refractivity contribution is -0.127. The maximum absolute atomic E-state index is 13.3. The van der Waals surface area contributed by atoms with E-state index in [0.717, 1.165) is 10.9 Å². The molecule has 0 saturated heterocycles. The fourth-order valence-corrected chi connectivity index (χ4v) is 4.41. The highest BCUT2D eigenvalue weighted by Gasteiger charge is 2.32. The molecule has 9 nitrogen and oxygen atoms in total. The van der Waals surface area contributed by atoms with E-state index < -0.39 is 28.4 Å². The Hall–Kier alpha value is -3.71. The van der Waals surface area contributed by atoms with Gasteiger partial charge in [0.15, 0.2) is 21.2 Å². The molecule has 0 bridgehead atoms.